The summed E-state index contributed by atoms with van der Waals surface area (Å²) in [6.45, 7) is 3.40. The van der Waals surface area contributed by atoms with Crippen molar-refractivity contribution in [2.45, 2.75) is 70.8 Å². The van der Waals surface area contributed by atoms with Gasteiger partial charge in [-0.05, 0) is 43.9 Å². The van der Waals surface area contributed by atoms with Gasteiger partial charge in [0.1, 0.15) is 0 Å². The third-order valence-electron chi connectivity index (χ3n) is 5.20. The Morgan fingerprint density at radius 1 is 1.28 bits per heavy atom. The van der Waals surface area contributed by atoms with Gasteiger partial charge < -0.3 is 10.4 Å². The lowest BCUT2D eigenvalue weighted by Gasteiger charge is -2.33. The van der Waals surface area contributed by atoms with E-state index in [0.29, 0.717) is 11.5 Å². The van der Waals surface area contributed by atoms with Gasteiger partial charge in [0.2, 0.25) is 0 Å². The van der Waals surface area contributed by atoms with Crippen molar-refractivity contribution in [3.63, 3.8) is 0 Å². The molecule has 0 radical (unpaired) electrons. The molecule has 3 nitrogen and oxygen atoms in total. The number of nitrogens with one attached hydrogen (secondary N) is 1. The Hall–Kier alpha value is -0.570. The Morgan fingerprint density at radius 2 is 2.00 bits per heavy atom. The van der Waals surface area contributed by atoms with E-state index in [0.717, 1.165) is 32.2 Å². The van der Waals surface area contributed by atoms with Gasteiger partial charge >= 0.3 is 5.97 Å². The number of carbonyl (C=O) groups is 1. The van der Waals surface area contributed by atoms with Gasteiger partial charge in [-0.3, -0.25) is 4.79 Å². The molecule has 3 heteroatoms. The molecule has 0 aromatic rings. The minimum atomic E-state index is -0.604. The highest BCUT2D eigenvalue weighted by Gasteiger charge is 2.33. The summed E-state index contributed by atoms with van der Waals surface area (Å²) in [5.41, 5.74) is 0.510. The fourth-order valence-electron chi connectivity index (χ4n) is 3.74. The molecule has 2 rings (SSSR count). The first-order valence-electron chi connectivity index (χ1n) is 7.61. The second kappa shape index (κ2) is 6.05. The zero-order valence-electron chi connectivity index (χ0n) is 11.6. The van der Waals surface area contributed by atoms with Gasteiger partial charge in [0.25, 0.3) is 0 Å². The van der Waals surface area contributed by atoms with Crippen LogP contribution < -0.4 is 5.32 Å². The lowest BCUT2D eigenvalue weighted by molar-refractivity contribution is -0.143. The Kier molecular flexibility index (Phi) is 4.66. The summed E-state index contributed by atoms with van der Waals surface area (Å²) in [6, 6.07) is 0.434. The predicted octanol–water partition coefficient (Wildman–Crippen LogP) is 3.19. The molecule has 18 heavy (non-hydrogen) atoms. The van der Waals surface area contributed by atoms with Crippen LogP contribution in [0.5, 0.6) is 0 Å². The molecule has 0 saturated heterocycles. The van der Waals surface area contributed by atoms with Crippen LogP contribution in [0, 0.1) is 11.3 Å². The number of rotatable bonds is 5. The maximum atomic E-state index is 11.1. The van der Waals surface area contributed by atoms with E-state index < -0.39 is 5.97 Å². The summed E-state index contributed by atoms with van der Waals surface area (Å²) in [4.78, 5) is 11.1. The number of aliphatic carboxylic acids is 1. The van der Waals surface area contributed by atoms with Gasteiger partial charge in [0.15, 0.2) is 0 Å². The molecule has 0 heterocycles. The fraction of sp³-hybridized carbons (Fsp3) is 0.933. The third-order valence-corrected chi connectivity index (χ3v) is 5.20. The quantitative estimate of drug-likeness (QED) is 0.791. The molecule has 2 aliphatic carbocycles. The van der Waals surface area contributed by atoms with E-state index in [-0.39, 0.29) is 5.92 Å². The normalized spacial score (nSPS) is 31.4. The van der Waals surface area contributed by atoms with E-state index in [4.69, 9.17) is 5.11 Å². The van der Waals surface area contributed by atoms with Crippen LogP contribution in [0.15, 0.2) is 0 Å². The van der Waals surface area contributed by atoms with E-state index in [1.165, 1.54) is 32.1 Å². The molecule has 0 aliphatic heterocycles. The zero-order chi connectivity index (χ0) is 13.0. The van der Waals surface area contributed by atoms with Crippen LogP contribution in [0.2, 0.25) is 0 Å². The van der Waals surface area contributed by atoms with Gasteiger partial charge in [0, 0.05) is 12.6 Å². The van der Waals surface area contributed by atoms with Crippen molar-refractivity contribution in [1.82, 2.24) is 5.32 Å². The minimum absolute atomic E-state index is 0.114. The van der Waals surface area contributed by atoms with Crippen molar-refractivity contribution < 1.29 is 9.90 Å². The molecule has 104 valence electrons. The van der Waals surface area contributed by atoms with Crippen LogP contribution in [-0.2, 0) is 4.79 Å². The molecule has 0 aromatic carbocycles. The van der Waals surface area contributed by atoms with Crippen molar-refractivity contribution in [2.24, 2.45) is 11.3 Å². The second-order valence-corrected chi connectivity index (χ2v) is 6.34. The maximum absolute atomic E-state index is 11.1. The minimum Gasteiger partial charge on any atom is -0.481 e. The molecule has 2 aliphatic rings. The van der Waals surface area contributed by atoms with Crippen molar-refractivity contribution in [3.05, 3.63) is 0 Å². The zero-order valence-corrected chi connectivity index (χ0v) is 11.6. The molecular weight excluding hydrogens is 226 g/mol. The van der Waals surface area contributed by atoms with Crippen molar-refractivity contribution in [1.29, 1.82) is 0 Å². The maximum Gasteiger partial charge on any atom is 0.306 e. The van der Waals surface area contributed by atoms with E-state index in [2.05, 4.69) is 12.2 Å². The number of hydrogen-bond acceptors (Lipinski definition) is 2. The van der Waals surface area contributed by atoms with E-state index in [1.807, 2.05) is 0 Å². The summed E-state index contributed by atoms with van der Waals surface area (Å²) in [6.07, 6.45) is 10.6. The molecule has 0 amide bonds. The number of hydrogen-bond donors (Lipinski definition) is 2. The van der Waals surface area contributed by atoms with Gasteiger partial charge in [-0.1, -0.05) is 26.2 Å². The van der Waals surface area contributed by atoms with Gasteiger partial charge in [0.05, 0.1) is 5.92 Å². The first kappa shape index (κ1) is 13.9. The third kappa shape index (κ3) is 3.25. The molecule has 0 spiro atoms. The molecule has 2 saturated carbocycles. The predicted molar refractivity (Wildman–Crippen MR) is 72.6 cm³/mol. The lowest BCUT2D eigenvalue weighted by Crippen LogP contribution is -2.41. The summed E-state index contributed by atoms with van der Waals surface area (Å²) in [7, 11) is 0. The smallest absolute Gasteiger partial charge is 0.306 e. The van der Waals surface area contributed by atoms with E-state index in [9.17, 15) is 4.79 Å². The van der Waals surface area contributed by atoms with Crippen LogP contribution in [-0.4, -0.2) is 23.7 Å². The average Bonchev–Trinajstić information content (AvgIpc) is 2.86. The van der Waals surface area contributed by atoms with Crippen molar-refractivity contribution >= 4 is 5.97 Å². The Bertz CT molecular complexity index is 284. The average molecular weight is 253 g/mol. The van der Waals surface area contributed by atoms with E-state index >= 15 is 0 Å². The number of carboxylic acid groups (broad SMARTS) is 1. The Labute approximate surface area is 110 Å². The standard InChI is InChI=1S/C15H27NO2/c1-2-15(8-3-4-9-15)11-16-13-7-5-6-12(10-13)14(17)18/h12-13,16H,2-11H2,1H3,(H,17,18). The SMILES string of the molecule is CCC1(CNC2CCCC(C(=O)O)C2)CCCC1. The highest BCUT2D eigenvalue weighted by atomic mass is 16.4. The molecule has 2 atom stereocenters. The molecule has 2 fully saturated rings. The number of carboxylic acids is 1. The van der Waals surface area contributed by atoms with Crippen molar-refractivity contribution in [3.8, 4) is 0 Å². The van der Waals surface area contributed by atoms with Crippen LogP contribution >= 0.6 is 0 Å². The first-order valence-corrected chi connectivity index (χ1v) is 7.61. The topological polar surface area (TPSA) is 49.3 Å². The molecule has 2 N–H and O–H groups in total. The molecule has 0 aromatic heterocycles. The summed E-state index contributed by atoms with van der Waals surface area (Å²) in [5, 5.41) is 12.8. The monoisotopic (exact) mass is 253 g/mol. The lowest BCUT2D eigenvalue weighted by atomic mass is 9.81. The van der Waals surface area contributed by atoms with Crippen LogP contribution in [0.1, 0.15) is 64.7 Å². The molecular formula is C15H27NO2. The highest BCUT2D eigenvalue weighted by Crippen LogP contribution is 2.40. The Morgan fingerprint density at radius 3 is 2.61 bits per heavy atom. The summed E-state index contributed by atoms with van der Waals surface area (Å²) >= 11 is 0. The summed E-state index contributed by atoms with van der Waals surface area (Å²) < 4.78 is 0. The van der Waals surface area contributed by atoms with Crippen LogP contribution in [0.25, 0.3) is 0 Å². The van der Waals surface area contributed by atoms with E-state index in [1.54, 1.807) is 0 Å². The fourth-order valence-corrected chi connectivity index (χ4v) is 3.74. The first-order chi connectivity index (χ1) is 8.65. The highest BCUT2D eigenvalue weighted by molar-refractivity contribution is 5.70. The van der Waals surface area contributed by atoms with Crippen LogP contribution in [0.3, 0.4) is 0 Å². The van der Waals surface area contributed by atoms with Crippen LogP contribution in [0.4, 0.5) is 0 Å². The Balaban J connectivity index is 1.80. The largest absolute Gasteiger partial charge is 0.481 e. The molecule has 2 unspecified atom stereocenters. The van der Waals surface area contributed by atoms with Gasteiger partial charge in [-0.15, -0.1) is 0 Å². The summed E-state index contributed by atoms with van der Waals surface area (Å²) in [5.74, 6) is -0.718. The van der Waals surface area contributed by atoms with Gasteiger partial charge in [-0.2, -0.15) is 0 Å². The molecule has 0 bridgehead atoms. The van der Waals surface area contributed by atoms with Gasteiger partial charge in [-0.25, -0.2) is 0 Å². The second-order valence-electron chi connectivity index (χ2n) is 6.34. The van der Waals surface area contributed by atoms with Crippen molar-refractivity contribution in [2.75, 3.05) is 6.54 Å².